The zero-order chi connectivity index (χ0) is 15.3. The van der Waals surface area contributed by atoms with Crippen LogP contribution >= 0.6 is 11.6 Å². The Morgan fingerprint density at radius 1 is 1.50 bits per heavy atom. The summed E-state index contributed by atoms with van der Waals surface area (Å²) in [7, 11) is -3.75. The molecule has 2 atom stereocenters. The van der Waals surface area contributed by atoms with Crippen LogP contribution in [0.1, 0.15) is 25.8 Å². The van der Waals surface area contributed by atoms with Gasteiger partial charge in [-0.25, -0.2) is 13.1 Å². The Labute approximate surface area is 124 Å². The number of aliphatic hydroxyl groups is 1. The highest BCUT2D eigenvalue weighted by Gasteiger charge is 2.19. The third-order valence-electron chi connectivity index (χ3n) is 3.15. The van der Waals surface area contributed by atoms with Crippen LogP contribution in [0.4, 0.5) is 0 Å². The number of benzene rings is 1. The predicted molar refractivity (Wildman–Crippen MR) is 76.8 cm³/mol. The Balaban J connectivity index is 2.85. The highest BCUT2D eigenvalue weighted by molar-refractivity contribution is 7.89. The molecule has 0 aliphatic rings. The van der Waals surface area contributed by atoms with Crippen LogP contribution in [0.2, 0.25) is 5.02 Å². The first kappa shape index (κ1) is 16.9. The fourth-order valence-electron chi connectivity index (χ4n) is 1.51. The number of nitrogens with zero attached hydrogens (tertiary/aromatic N) is 1. The molecule has 0 bridgehead atoms. The maximum absolute atomic E-state index is 12.0. The van der Waals surface area contributed by atoms with Crippen LogP contribution in [-0.2, 0) is 10.0 Å². The van der Waals surface area contributed by atoms with Crippen LogP contribution in [0, 0.1) is 17.2 Å². The summed E-state index contributed by atoms with van der Waals surface area (Å²) in [5.74, 6) is 0.00209. The van der Waals surface area contributed by atoms with E-state index in [1.54, 1.807) is 0 Å². The second-order valence-corrected chi connectivity index (χ2v) is 6.73. The van der Waals surface area contributed by atoms with E-state index in [9.17, 15) is 13.5 Å². The maximum Gasteiger partial charge on any atom is 0.240 e. The summed E-state index contributed by atoms with van der Waals surface area (Å²) in [6.45, 7) is 3.70. The Bertz CT molecular complexity index is 611. The summed E-state index contributed by atoms with van der Waals surface area (Å²) in [5, 5.41) is 18.6. The highest BCUT2D eigenvalue weighted by Crippen LogP contribution is 2.20. The molecule has 0 fully saturated rings. The molecule has 0 amide bonds. The fourth-order valence-corrected chi connectivity index (χ4v) is 2.87. The van der Waals surface area contributed by atoms with Crippen LogP contribution < -0.4 is 4.72 Å². The van der Waals surface area contributed by atoms with E-state index in [4.69, 9.17) is 16.9 Å². The number of nitrogens with one attached hydrogen (secondary N) is 1. The van der Waals surface area contributed by atoms with Gasteiger partial charge < -0.3 is 5.11 Å². The summed E-state index contributed by atoms with van der Waals surface area (Å²) < 4.78 is 26.4. The molecule has 0 radical (unpaired) electrons. The highest BCUT2D eigenvalue weighted by atomic mass is 35.5. The SMILES string of the molecule is CCC(C)C(O)CNS(=O)(=O)c1ccc(C#N)c(Cl)c1. The summed E-state index contributed by atoms with van der Waals surface area (Å²) in [6.07, 6.45) is 0.00890. The normalized spacial score (nSPS) is 14.6. The van der Waals surface area contributed by atoms with Crippen LogP contribution in [0.5, 0.6) is 0 Å². The van der Waals surface area contributed by atoms with Gasteiger partial charge in [0.2, 0.25) is 10.0 Å². The third kappa shape index (κ3) is 4.18. The van der Waals surface area contributed by atoms with E-state index in [-0.39, 0.29) is 27.9 Å². The molecule has 0 heterocycles. The first-order valence-corrected chi connectivity index (χ1v) is 8.05. The second kappa shape index (κ2) is 7.04. The number of aliphatic hydroxyl groups excluding tert-OH is 1. The van der Waals surface area contributed by atoms with Crippen LogP contribution in [0.25, 0.3) is 0 Å². The lowest BCUT2D eigenvalue weighted by molar-refractivity contribution is 0.118. The Hall–Kier alpha value is -1.13. The molecule has 20 heavy (non-hydrogen) atoms. The smallest absolute Gasteiger partial charge is 0.240 e. The number of halogens is 1. The van der Waals surface area contributed by atoms with Gasteiger partial charge in [-0.15, -0.1) is 0 Å². The van der Waals surface area contributed by atoms with E-state index < -0.39 is 16.1 Å². The van der Waals surface area contributed by atoms with Crippen LogP contribution in [0.3, 0.4) is 0 Å². The Morgan fingerprint density at radius 3 is 2.65 bits per heavy atom. The van der Waals surface area contributed by atoms with E-state index >= 15 is 0 Å². The van der Waals surface area contributed by atoms with Crippen molar-refractivity contribution in [2.45, 2.75) is 31.3 Å². The molecular weight excluding hydrogens is 300 g/mol. The quantitative estimate of drug-likeness (QED) is 0.838. The molecule has 0 aliphatic carbocycles. The second-order valence-electron chi connectivity index (χ2n) is 4.56. The Kier molecular flexibility index (Phi) is 5.96. The van der Waals surface area contributed by atoms with Crippen molar-refractivity contribution >= 4 is 21.6 Å². The van der Waals surface area contributed by atoms with E-state index in [2.05, 4.69) is 4.72 Å². The van der Waals surface area contributed by atoms with Crippen molar-refractivity contribution in [3.8, 4) is 6.07 Å². The minimum absolute atomic E-state index is 0.00209. The fraction of sp³-hybridized carbons (Fsp3) is 0.462. The standard InChI is InChI=1S/C13H17ClN2O3S/c1-3-9(2)13(17)8-16-20(18,19)11-5-4-10(7-15)12(14)6-11/h4-6,9,13,16-17H,3,8H2,1-2H3. The molecule has 1 aromatic rings. The van der Waals surface area contributed by atoms with Gasteiger partial charge >= 0.3 is 0 Å². The summed E-state index contributed by atoms with van der Waals surface area (Å²) in [6, 6.07) is 5.74. The number of rotatable bonds is 6. The lowest BCUT2D eigenvalue weighted by Gasteiger charge is -2.17. The average molecular weight is 317 g/mol. The summed E-state index contributed by atoms with van der Waals surface area (Å²) >= 11 is 5.81. The van der Waals surface area contributed by atoms with Gasteiger partial charge in [-0.05, 0) is 24.1 Å². The predicted octanol–water partition coefficient (Wildman–Crippen LogP) is 1.90. The number of sulfonamides is 1. The molecule has 0 aliphatic heterocycles. The number of nitriles is 1. The lowest BCUT2D eigenvalue weighted by atomic mass is 10.0. The number of hydrogen-bond donors (Lipinski definition) is 2. The molecule has 0 aromatic heterocycles. The van der Waals surface area contributed by atoms with Crippen molar-refractivity contribution in [1.29, 1.82) is 5.26 Å². The van der Waals surface area contributed by atoms with Crippen molar-refractivity contribution in [2.75, 3.05) is 6.54 Å². The van der Waals surface area contributed by atoms with Crippen molar-refractivity contribution in [2.24, 2.45) is 5.92 Å². The monoisotopic (exact) mass is 316 g/mol. The summed E-state index contributed by atoms with van der Waals surface area (Å²) in [4.78, 5) is -0.0298. The zero-order valence-electron chi connectivity index (χ0n) is 11.3. The molecule has 1 aromatic carbocycles. The average Bonchev–Trinajstić information content (AvgIpc) is 2.43. The van der Waals surface area contributed by atoms with Gasteiger partial charge in [0.1, 0.15) is 6.07 Å². The van der Waals surface area contributed by atoms with E-state index in [0.717, 1.165) is 6.42 Å². The molecule has 0 saturated carbocycles. The molecule has 110 valence electrons. The molecule has 0 saturated heterocycles. The topological polar surface area (TPSA) is 90.2 Å². The van der Waals surface area contributed by atoms with E-state index in [1.165, 1.54) is 18.2 Å². The maximum atomic E-state index is 12.0. The van der Waals surface area contributed by atoms with Crippen molar-refractivity contribution in [3.05, 3.63) is 28.8 Å². The van der Waals surface area contributed by atoms with Crippen molar-refractivity contribution in [3.63, 3.8) is 0 Å². The molecule has 2 unspecified atom stereocenters. The van der Waals surface area contributed by atoms with Gasteiger partial charge in [0.25, 0.3) is 0 Å². The van der Waals surface area contributed by atoms with Gasteiger partial charge in [0, 0.05) is 6.54 Å². The van der Waals surface area contributed by atoms with Crippen molar-refractivity contribution in [1.82, 2.24) is 4.72 Å². The molecule has 1 rings (SSSR count). The van der Waals surface area contributed by atoms with Gasteiger partial charge in [0.05, 0.1) is 21.6 Å². The van der Waals surface area contributed by atoms with Gasteiger partial charge in [-0.2, -0.15) is 5.26 Å². The largest absolute Gasteiger partial charge is 0.391 e. The first-order valence-electron chi connectivity index (χ1n) is 6.19. The molecule has 7 heteroatoms. The first-order chi connectivity index (χ1) is 9.31. The van der Waals surface area contributed by atoms with E-state index in [0.29, 0.717) is 0 Å². The van der Waals surface area contributed by atoms with Gasteiger partial charge in [0.15, 0.2) is 0 Å². The van der Waals surface area contributed by atoms with Gasteiger partial charge in [-0.3, -0.25) is 0 Å². The molecular formula is C13H17ClN2O3S. The third-order valence-corrected chi connectivity index (χ3v) is 4.89. The zero-order valence-corrected chi connectivity index (χ0v) is 12.9. The lowest BCUT2D eigenvalue weighted by Crippen LogP contribution is -2.35. The summed E-state index contributed by atoms with van der Waals surface area (Å²) in [5.41, 5.74) is 0.213. The van der Waals surface area contributed by atoms with Gasteiger partial charge in [-0.1, -0.05) is 31.9 Å². The molecule has 2 N–H and O–H groups in total. The number of hydrogen-bond acceptors (Lipinski definition) is 4. The Morgan fingerprint density at radius 2 is 2.15 bits per heavy atom. The van der Waals surface area contributed by atoms with Crippen molar-refractivity contribution < 1.29 is 13.5 Å². The minimum Gasteiger partial charge on any atom is -0.391 e. The van der Waals surface area contributed by atoms with Crippen LogP contribution in [0.15, 0.2) is 23.1 Å². The van der Waals surface area contributed by atoms with E-state index in [1.807, 2.05) is 19.9 Å². The van der Waals surface area contributed by atoms with Crippen LogP contribution in [-0.4, -0.2) is 26.2 Å². The minimum atomic E-state index is -3.75. The molecule has 5 nitrogen and oxygen atoms in total. The molecule has 0 spiro atoms.